The van der Waals surface area contributed by atoms with E-state index in [1.165, 1.54) is 22.6 Å². The molecule has 3 aromatic rings. The smallest absolute Gasteiger partial charge is 0.255 e. The summed E-state index contributed by atoms with van der Waals surface area (Å²) < 4.78 is 34.0. The molecule has 2 N–H and O–H groups in total. The molecule has 3 aromatic heterocycles. The van der Waals surface area contributed by atoms with E-state index in [0.29, 0.717) is 47.0 Å². The van der Waals surface area contributed by atoms with Gasteiger partial charge in [0.25, 0.3) is 6.43 Å². The number of alkyl halides is 2. The normalized spacial score (nSPS) is 25.0. The van der Waals surface area contributed by atoms with Crippen LogP contribution < -0.4 is 20.4 Å². The molecule has 3 aliphatic heterocycles. The van der Waals surface area contributed by atoms with Crippen molar-refractivity contribution in [1.82, 2.24) is 20.0 Å². The largest absolute Gasteiger partial charge is 0.389 e. The van der Waals surface area contributed by atoms with E-state index in [1.54, 1.807) is 4.90 Å². The fourth-order valence-corrected chi connectivity index (χ4v) is 10.1. The second-order valence-electron chi connectivity index (χ2n) is 13.4. The number of thiophene rings is 1. The second-order valence-corrected chi connectivity index (χ2v) is 14.5. The number of nitrogens with zero attached hydrogens (tertiary/aromatic N) is 8. The summed E-state index contributed by atoms with van der Waals surface area (Å²) in [5.41, 5.74) is 9.88. The number of likely N-dealkylation sites (N-methyl/N-ethyl adjacent to an activating group) is 1. The average Bonchev–Trinajstić information content (AvgIpc) is 3.75. The lowest BCUT2D eigenvalue weighted by Gasteiger charge is -2.47. The molecular weight excluding hydrogens is 596 g/mol. The number of nitrogens with two attached hydrogens (primary N) is 1. The van der Waals surface area contributed by atoms with E-state index in [4.69, 9.17) is 20.2 Å². The Balaban J connectivity index is 1.28. The van der Waals surface area contributed by atoms with Crippen LogP contribution in [0.2, 0.25) is 0 Å². The third-order valence-electron chi connectivity index (χ3n) is 11.0. The molecule has 10 nitrogen and oxygen atoms in total. The second kappa shape index (κ2) is 10.8. The molecule has 0 radical (unpaired) electrons. The summed E-state index contributed by atoms with van der Waals surface area (Å²) in [4.78, 5) is 20.2. The van der Waals surface area contributed by atoms with Gasteiger partial charge >= 0.3 is 0 Å². The molecule has 13 heteroatoms. The molecule has 238 valence electrons. The molecule has 2 aliphatic carbocycles. The zero-order chi connectivity index (χ0) is 31.0. The Labute approximate surface area is 265 Å². The van der Waals surface area contributed by atoms with Gasteiger partial charge in [-0.3, -0.25) is 0 Å². The van der Waals surface area contributed by atoms with E-state index in [-0.39, 0.29) is 12.6 Å². The summed E-state index contributed by atoms with van der Waals surface area (Å²) >= 11 is 1.52. The van der Waals surface area contributed by atoms with Crippen molar-refractivity contribution in [2.75, 3.05) is 66.7 Å². The Bertz CT molecular complexity index is 1680. The minimum Gasteiger partial charge on any atom is -0.389 e. The molecule has 5 aliphatic rings. The van der Waals surface area contributed by atoms with Crippen LogP contribution in [0.1, 0.15) is 72.8 Å². The van der Waals surface area contributed by atoms with Crippen LogP contribution in [0.25, 0.3) is 11.5 Å². The third-order valence-corrected chi connectivity index (χ3v) is 12.1. The number of rotatable bonds is 5. The summed E-state index contributed by atoms with van der Waals surface area (Å²) in [6, 6.07) is 2.97. The van der Waals surface area contributed by atoms with Crippen LogP contribution in [0.15, 0.2) is 4.52 Å². The van der Waals surface area contributed by atoms with Crippen LogP contribution in [0, 0.1) is 11.3 Å². The zero-order valence-corrected chi connectivity index (χ0v) is 26.7. The predicted molar refractivity (Wildman–Crippen MR) is 171 cm³/mol. The highest BCUT2D eigenvalue weighted by Gasteiger charge is 2.49. The maximum atomic E-state index is 13.9. The number of fused-ring (bicyclic) bond motifs is 4. The summed E-state index contributed by atoms with van der Waals surface area (Å²) in [5.74, 6) is 2.57. The topological polar surface area (TPSA) is 115 Å². The molecule has 1 fully saturated rings. The van der Waals surface area contributed by atoms with Crippen LogP contribution in [-0.2, 0) is 18.3 Å². The Kier molecular flexibility index (Phi) is 6.94. The van der Waals surface area contributed by atoms with Gasteiger partial charge in [0.15, 0.2) is 28.9 Å². The molecule has 1 saturated heterocycles. The van der Waals surface area contributed by atoms with Gasteiger partial charge in [-0.05, 0) is 77.4 Å². The number of hydrogen-bond acceptors (Lipinski definition) is 11. The maximum absolute atomic E-state index is 13.9. The van der Waals surface area contributed by atoms with Crippen LogP contribution in [0.5, 0.6) is 0 Å². The van der Waals surface area contributed by atoms with Crippen molar-refractivity contribution in [2.24, 2.45) is 0 Å². The quantitative estimate of drug-likeness (QED) is 0.419. The molecule has 0 saturated carbocycles. The van der Waals surface area contributed by atoms with Crippen molar-refractivity contribution < 1.29 is 13.3 Å². The highest BCUT2D eigenvalue weighted by atomic mass is 32.1. The Hall–Kier alpha value is -3.50. The first kappa shape index (κ1) is 28.9. The molecule has 8 rings (SSSR count). The number of likely N-dealkylation sites (tertiary alicyclic amines) is 1. The average molecular weight is 636 g/mol. The molecule has 3 unspecified atom stereocenters. The predicted octanol–water partition coefficient (Wildman–Crippen LogP) is 4.80. The van der Waals surface area contributed by atoms with Gasteiger partial charge in [-0.25, -0.2) is 18.7 Å². The van der Waals surface area contributed by atoms with Gasteiger partial charge in [0.2, 0.25) is 0 Å². The van der Waals surface area contributed by atoms with Crippen LogP contribution >= 0.6 is 11.3 Å². The first-order valence-electron chi connectivity index (χ1n) is 16.3. The SMILES string of the molecule is CC(C1CCCN1C)N1CCN2CCN(CC(F)F)c3nc(-c4noc5c4CCCC54CCCc5sc(N)c(C#N)c54)nc1c32. The number of aromatic nitrogens is 3. The lowest BCUT2D eigenvalue weighted by molar-refractivity contribution is 0.154. The van der Waals surface area contributed by atoms with Crippen molar-refractivity contribution in [1.29, 1.82) is 5.26 Å². The summed E-state index contributed by atoms with van der Waals surface area (Å²) in [6.45, 7) is 5.71. The first-order chi connectivity index (χ1) is 21.8. The van der Waals surface area contributed by atoms with Gasteiger partial charge in [-0.2, -0.15) is 5.26 Å². The van der Waals surface area contributed by atoms with E-state index in [0.717, 1.165) is 93.0 Å². The van der Waals surface area contributed by atoms with Gasteiger partial charge in [0, 0.05) is 48.7 Å². The minimum atomic E-state index is -2.48. The first-order valence-corrected chi connectivity index (χ1v) is 17.1. The van der Waals surface area contributed by atoms with Crippen LogP contribution in [-0.4, -0.2) is 84.8 Å². The van der Waals surface area contributed by atoms with Crippen molar-refractivity contribution in [3.63, 3.8) is 0 Å². The van der Waals surface area contributed by atoms with Crippen molar-refractivity contribution in [2.45, 2.75) is 82.2 Å². The number of nitrogen functional groups attached to an aromatic ring is 1. The Morgan fingerprint density at radius 3 is 2.62 bits per heavy atom. The van der Waals surface area contributed by atoms with Gasteiger partial charge in [-0.1, -0.05) is 5.16 Å². The minimum absolute atomic E-state index is 0.195. The van der Waals surface area contributed by atoms with E-state index in [1.807, 2.05) is 0 Å². The Morgan fingerprint density at radius 2 is 1.87 bits per heavy atom. The monoisotopic (exact) mass is 635 g/mol. The lowest BCUT2D eigenvalue weighted by atomic mass is 9.63. The number of aryl methyl sites for hydroxylation is 1. The van der Waals surface area contributed by atoms with Crippen LogP contribution in [0.4, 0.5) is 31.1 Å². The maximum Gasteiger partial charge on any atom is 0.255 e. The van der Waals surface area contributed by atoms with Gasteiger partial charge in [0.05, 0.1) is 17.5 Å². The standard InChI is InChI=1S/C32H39F2N9OS/c1-18(21-7-5-11-40(21)2)43-15-14-41-12-13-42(17-23(33)34)30-26(41)31(43)38-29(37-30)25-19-6-3-9-32(27(19)44-39-25)10-4-8-22-24(32)20(16-35)28(36)45-22/h18,21,23H,3-15,17,36H2,1-2H3. The lowest BCUT2D eigenvalue weighted by Crippen LogP contribution is -2.55. The third kappa shape index (κ3) is 4.35. The summed E-state index contributed by atoms with van der Waals surface area (Å²) in [5, 5.41) is 15.3. The van der Waals surface area contributed by atoms with Gasteiger partial charge < -0.3 is 29.9 Å². The van der Waals surface area contributed by atoms with Gasteiger partial charge in [-0.15, -0.1) is 11.3 Å². The molecule has 3 atom stereocenters. The molecule has 1 spiro atoms. The summed E-state index contributed by atoms with van der Waals surface area (Å²) in [6.07, 6.45) is 5.07. The van der Waals surface area contributed by atoms with E-state index in [9.17, 15) is 14.0 Å². The van der Waals surface area contributed by atoms with Crippen molar-refractivity contribution in [3.8, 4) is 17.6 Å². The highest BCUT2D eigenvalue weighted by molar-refractivity contribution is 7.16. The molecule has 0 aromatic carbocycles. The molecule has 0 bridgehead atoms. The number of nitriles is 1. The fourth-order valence-electron chi connectivity index (χ4n) is 8.97. The van der Waals surface area contributed by atoms with Gasteiger partial charge in [0.1, 0.15) is 16.8 Å². The number of hydrogen-bond donors (Lipinski definition) is 1. The van der Waals surface area contributed by atoms with E-state index >= 15 is 0 Å². The molecule has 45 heavy (non-hydrogen) atoms. The van der Waals surface area contributed by atoms with Crippen molar-refractivity contribution in [3.05, 3.63) is 27.3 Å². The molecule has 0 amide bonds. The molecule has 6 heterocycles. The van der Waals surface area contributed by atoms with E-state index in [2.05, 4.69) is 39.9 Å². The van der Waals surface area contributed by atoms with Crippen molar-refractivity contribution >= 4 is 33.7 Å². The highest BCUT2D eigenvalue weighted by Crippen LogP contribution is 2.55. The Morgan fingerprint density at radius 1 is 1.09 bits per heavy atom. The zero-order valence-electron chi connectivity index (χ0n) is 25.9. The molecular formula is C32H39F2N9OS. The number of anilines is 4. The number of halogens is 2. The van der Waals surface area contributed by atoms with Crippen LogP contribution in [0.3, 0.4) is 0 Å². The fraction of sp³-hybridized carbons (Fsp3) is 0.625. The summed E-state index contributed by atoms with van der Waals surface area (Å²) in [7, 11) is 2.18. The van der Waals surface area contributed by atoms with E-state index < -0.39 is 11.8 Å².